The minimum atomic E-state index is -0.259. The summed E-state index contributed by atoms with van der Waals surface area (Å²) in [6.07, 6.45) is 9.89. The second kappa shape index (κ2) is 10.4. The summed E-state index contributed by atoms with van der Waals surface area (Å²) in [5, 5.41) is 0. The molecule has 1 aliphatic carbocycles. The van der Waals surface area contributed by atoms with Crippen molar-refractivity contribution in [3.63, 3.8) is 0 Å². The first-order chi connectivity index (χ1) is 12.4. The van der Waals surface area contributed by atoms with E-state index in [-0.39, 0.29) is 11.9 Å². The monoisotopic (exact) mass is 369 g/mol. The van der Waals surface area contributed by atoms with Crippen molar-refractivity contribution in [3.05, 3.63) is 0 Å². The molecule has 2 aliphatic rings. The van der Waals surface area contributed by atoms with Crippen molar-refractivity contribution in [2.75, 3.05) is 40.0 Å². The highest BCUT2D eigenvalue weighted by Crippen LogP contribution is 2.42. The van der Waals surface area contributed by atoms with E-state index in [0.29, 0.717) is 5.41 Å². The van der Waals surface area contributed by atoms with Gasteiger partial charge in [-0.1, -0.05) is 27.7 Å². The molecular weight excluding hydrogens is 326 g/mol. The van der Waals surface area contributed by atoms with Crippen LogP contribution in [-0.2, 0) is 14.2 Å². The smallest absolute Gasteiger partial charge is 0.168 e. The summed E-state index contributed by atoms with van der Waals surface area (Å²) < 4.78 is 17.9. The van der Waals surface area contributed by atoms with E-state index in [4.69, 9.17) is 14.2 Å². The Kier molecular flexibility index (Phi) is 8.85. The summed E-state index contributed by atoms with van der Waals surface area (Å²) in [6, 6.07) is 0. The molecule has 1 saturated heterocycles. The number of hydrogen-bond acceptors (Lipinski definition) is 4. The van der Waals surface area contributed by atoms with Crippen LogP contribution in [0.5, 0.6) is 0 Å². The van der Waals surface area contributed by atoms with Crippen molar-refractivity contribution in [1.29, 1.82) is 0 Å². The molecule has 0 N–H and O–H groups in total. The summed E-state index contributed by atoms with van der Waals surface area (Å²) in [5.41, 5.74) is 0.452. The van der Waals surface area contributed by atoms with E-state index in [0.717, 1.165) is 58.0 Å². The Bertz CT molecular complexity index is 385. The first-order valence-electron chi connectivity index (χ1n) is 10.9. The maximum Gasteiger partial charge on any atom is 0.168 e. The molecule has 1 aliphatic heterocycles. The van der Waals surface area contributed by atoms with E-state index in [1.54, 1.807) is 7.11 Å². The van der Waals surface area contributed by atoms with Gasteiger partial charge in [0.2, 0.25) is 0 Å². The molecular formula is C22H43NO3. The third-order valence-electron chi connectivity index (χ3n) is 6.00. The standard InChI is InChI=1S/C22H43NO3/c1-6-14-23(16-17-24-5)15-10-20-18-25-22(26-20)12-8-19(9-13-22)7-11-21(2,3)4/h19-20H,6-18H2,1-5H3. The number of hydrogen-bond donors (Lipinski definition) is 0. The molecule has 1 heterocycles. The van der Waals surface area contributed by atoms with Crippen LogP contribution in [0.1, 0.15) is 79.1 Å². The van der Waals surface area contributed by atoms with E-state index < -0.39 is 0 Å². The Labute approximate surface area is 161 Å². The molecule has 1 atom stereocenters. The topological polar surface area (TPSA) is 30.9 Å². The van der Waals surface area contributed by atoms with Gasteiger partial charge in [-0.2, -0.15) is 0 Å². The van der Waals surface area contributed by atoms with Crippen LogP contribution in [0.4, 0.5) is 0 Å². The van der Waals surface area contributed by atoms with Gasteiger partial charge in [0.15, 0.2) is 5.79 Å². The average Bonchev–Trinajstić information content (AvgIpc) is 2.99. The Morgan fingerprint density at radius 1 is 1.08 bits per heavy atom. The summed E-state index contributed by atoms with van der Waals surface area (Å²) in [5.74, 6) is 0.602. The number of methoxy groups -OCH3 is 1. The average molecular weight is 370 g/mol. The normalized spacial score (nSPS) is 29.8. The second-order valence-electron chi connectivity index (χ2n) is 9.63. The number of nitrogens with zero attached hydrogens (tertiary/aromatic N) is 1. The predicted molar refractivity (Wildman–Crippen MR) is 107 cm³/mol. The molecule has 0 radical (unpaired) electrons. The number of ether oxygens (including phenoxy) is 3. The van der Waals surface area contributed by atoms with Crippen LogP contribution in [-0.4, -0.2) is 56.7 Å². The first-order valence-corrected chi connectivity index (χ1v) is 10.9. The van der Waals surface area contributed by atoms with Crippen molar-refractivity contribution in [1.82, 2.24) is 4.90 Å². The highest BCUT2D eigenvalue weighted by molar-refractivity contribution is 4.86. The van der Waals surface area contributed by atoms with Gasteiger partial charge in [0.1, 0.15) is 0 Å². The van der Waals surface area contributed by atoms with Gasteiger partial charge in [-0.05, 0) is 56.4 Å². The zero-order valence-corrected chi connectivity index (χ0v) is 18.0. The molecule has 26 heavy (non-hydrogen) atoms. The fraction of sp³-hybridized carbons (Fsp3) is 1.00. The lowest BCUT2D eigenvalue weighted by Gasteiger charge is -2.36. The SMILES string of the molecule is CCCN(CCOC)CCC1COC2(CCC(CCC(C)(C)C)CC2)O1. The summed E-state index contributed by atoms with van der Waals surface area (Å²) >= 11 is 0. The number of rotatable bonds is 10. The maximum absolute atomic E-state index is 6.44. The van der Waals surface area contributed by atoms with Gasteiger partial charge in [-0.25, -0.2) is 0 Å². The maximum atomic E-state index is 6.44. The molecule has 1 unspecified atom stereocenters. The highest BCUT2D eigenvalue weighted by Gasteiger charge is 2.44. The Morgan fingerprint density at radius 2 is 1.81 bits per heavy atom. The molecule has 0 amide bonds. The molecule has 0 aromatic rings. The van der Waals surface area contributed by atoms with E-state index in [1.165, 1.54) is 32.1 Å². The van der Waals surface area contributed by atoms with Gasteiger partial charge in [0.05, 0.1) is 19.3 Å². The molecule has 2 fully saturated rings. The van der Waals surface area contributed by atoms with Gasteiger partial charge in [-0.15, -0.1) is 0 Å². The van der Waals surface area contributed by atoms with Crippen molar-refractivity contribution in [2.45, 2.75) is 91.0 Å². The fourth-order valence-electron chi connectivity index (χ4n) is 4.26. The zero-order valence-electron chi connectivity index (χ0n) is 18.0. The lowest BCUT2D eigenvalue weighted by molar-refractivity contribution is -0.193. The summed E-state index contributed by atoms with van der Waals surface area (Å²) in [7, 11) is 1.78. The van der Waals surface area contributed by atoms with Gasteiger partial charge in [0.25, 0.3) is 0 Å². The van der Waals surface area contributed by atoms with Gasteiger partial charge < -0.3 is 19.1 Å². The molecule has 0 aromatic carbocycles. The van der Waals surface area contributed by atoms with E-state index in [2.05, 4.69) is 32.6 Å². The van der Waals surface area contributed by atoms with Crippen LogP contribution in [0.2, 0.25) is 0 Å². The molecule has 4 nitrogen and oxygen atoms in total. The van der Waals surface area contributed by atoms with Gasteiger partial charge in [-0.3, -0.25) is 0 Å². The third kappa shape index (κ3) is 7.46. The Hall–Kier alpha value is -0.160. The highest BCUT2D eigenvalue weighted by atomic mass is 16.7. The molecule has 2 rings (SSSR count). The Balaban J connectivity index is 1.69. The summed E-state index contributed by atoms with van der Waals surface area (Å²) in [4.78, 5) is 2.49. The first kappa shape index (κ1) is 22.1. The van der Waals surface area contributed by atoms with Gasteiger partial charge in [0, 0.05) is 33.0 Å². The third-order valence-corrected chi connectivity index (χ3v) is 6.00. The van der Waals surface area contributed by atoms with Crippen LogP contribution >= 0.6 is 0 Å². The zero-order chi connectivity index (χ0) is 19.0. The molecule has 1 spiro atoms. The quantitative estimate of drug-likeness (QED) is 0.550. The van der Waals surface area contributed by atoms with E-state index >= 15 is 0 Å². The van der Waals surface area contributed by atoms with Crippen molar-refractivity contribution in [3.8, 4) is 0 Å². The fourth-order valence-corrected chi connectivity index (χ4v) is 4.26. The van der Waals surface area contributed by atoms with Crippen molar-refractivity contribution < 1.29 is 14.2 Å². The lowest BCUT2D eigenvalue weighted by Crippen LogP contribution is -2.36. The molecule has 1 saturated carbocycles. The lowest BCUT2D eigenvalue weighted by atomic mass is 9.79. The van der Waals surface area contributed by atoms with Crippen LogP contribution < -0.4 is 0 Å². The van der Waals surface area contributed by atoms with Crippen LogP contribution in [0.25, 0.3) is 0 Å². The Morgan fingerprint density at radius 3 is 2.42 bits per heavy atom. The van der Waals surface area contributed by atoms with Crippen LogP contribution in [0.15, 0.2) is 0 Å². The van der Waals surface area contributed by atoms with Crippen LogP contribution in [0.3, 0.4) is 0 Å². The molecule has 0 bridgehead atoms. The van der Waals surface area contributed by atoms with Gasteiger partial charge >= 0.3 is 0 Å². The second-order valence-corrected chi connectivity index (χ2v) is 9.63. The van der Waals surface area contributed by atoms with E-state index in [9.17, 15) is 0 Å². The predicted octanol–water partition coefficient (Wildman–Crippen LogP) is 4.86. The molecule has 4 heteroatoms. The largest absolute Gasteiger partial charge is 0.383 e. The van der Waals surface area contributed by atoms with E-state index in [1.807, 2.05) is 0 Å². The van der Waals surface area contributed by atoms with Crippen molar-refractivity contribution in [2.24, 2.45) is 11.3 Å². The summed E-state index contributed by atoms with van der Waals surface area (Å²) in [6.45, 7) is 14.1. The minimum absolute atomic E-state index is 0.259. The molecule has 0 aromatic heterocycles. The molecule has 154 valence electrons. The minimum Gasteiger partial charge on any atom is -0.383 e. The van der Waals surface area contributed by atoms with Crippen LogP contribution in [0, 0.1) is 11.3 Å². The van der Waals surface area contributed by atoms with Crippen molar-refractivity contribution >= 4 is 0 Å².